The second-order valence-corrected chi connectivity index (χ2v) is 6.79. The molecule has 0 aliphatic heterocycles. The van der Waals surface area contributed by atoms with Crippen LogP contribution in [0.1, 0.15) is 33.6 Å². The van der Waals surface area contributed by atoms with Crippen LogP contribution in [0.4, 0.5) is 5.00 Å². The number of nitrogens with two attached hydrogens (primary N) is 1. The highest BCUT2D eigenvalue weighted by Crippen LogP contribution is 2.36. The Morgan fingerprint density at radius 1 is 1.25 bits per heavy atom. The lowest BCUT2D eigenvalue weighted by Crippen LogP contribution is -2.36. The summed E-state index contributed by atoms with van der Waals surface area (Å²) in [6.07, 6.45) is 1.71. The van der Waals surface area contributed by atoms with Crippen molar-refractivity contribution in [1.29, 1.82) is 0 Å². The van der Waals surface area contributed by atoms with Crippen LogP contribution in [-0.2, 0) is 19.1 Å². The predicted octanol–water partition coefficient (Wildman–Crippen LogP) is 0.472. The largest absolute Gasteiger partial charge is 0.452 e. The number of carbonyl (C=O) groups excluding carboxylic acids is 4. The molecule has 8 nitrogen and oxygen atoms in total. The Bertz CT molecular complexity index is 694. The first-order valence-corrected chi connectivity index (χ1v) is 8.24. The van der Waals surface area contributed by atoms with E-state index in [-0.39, 0.29) is 23.9 Å². The zero-order valence-electron chi connectivity index (χ0n) is 13.4. The standard InChI is InChI=1S/C15H19N3O5S/c1-7-8(2)24-14(18-13(21)9-3-4-9)12(7)15(22)23-6-11(20)17-5-10(16)19/h9H,3-6H2,1-2H3,(H2,16,19)(H,17,20)(H,18,21). The van der Waals surface area contributed by atoms with Crippen molar-refractivity contribution in [3.8, 4) is 0 Å². The minimum Gasteiger partial charge on any atom is -0.452 e. The first kappa shape index (κ1) is 17.9. The summed E-state index contributed by atoms with van der Waals surface area (Å²) in [4.78, 5) is 47.1. The van der Waals surface area contributed by atoms with Crippen LogP contribution >= 0.6 is 11.3 Å². The Hall–Kier alpha value is -2.42. The molecule has 1 aliphatic carbocycles. The number of anilines is 1. The van der Waals surface area contributed by atoms with Gasteiger partial charge in [-0.15, -0.1) is 11.3 Å². The number of hydrogen-bond acceptors (Lipinski definition) is 6. The number of rotatable bonds is 7. The average molecular weight is 353 g/mol. The molecule has 0 saturated heterocycles. The van der Waals surface area contributed by atoms with Gasteiger partial charge in [-0.2, -0.15) is 0 Å². The van der Waals surface area contributed by atoms with Crippen molar-refractivity contribution in [2.75, 3.05) is 18.5 Å². The Balaban J connectivity index is 2.01. The van der Waals surface area contributed by atoms with Crippen molar-refractivity contribution in [3.05, 3.63) is 16.0 Å². The van der Waals surface area contributed by atoms with E-state index in [9.17, 15) is 19.2 Å². The summed E-state index contributed by atoms with van der Waals surface area (Å²) in [7, 11) is 0. The van der Waals surface area contributed by atoms with Gasteiger partial charge in [0.05, 0.1) is 12.1 Å². The Labute approximate surface area is 142 Å². The van der Waals surface area contributed by atoms with Crippen molar-refractivity contribution in [2.45, 2.75) is 26.7 Å². The maximum Gasteiger partial charge on any atom is 0.341 e. The normalized spacial score (nSPS) is 13.2. The molecular formula is C15H19N3O5S. The molecular weight excluding hydrogens is 334 g/mol. The van der Waals surface area contributed by atoms with Crippen LogP contribution in [0, 0.1) is 19.8 Å². The molecule has 0 bridgehead atoms. The molecule has 1 fully saturated rings. The first-order valence-electron chi connectivity index (χ1n) is 7.42. The Kier molecular flexibility index (Phi) is 5.55. The molecule has 130 valence electrons. The third-order valence-corrected chi connectivity index (χ3v) is 4.69. The fourth-order valence-electron chi connectivity index (χ4n) is 1.96. The number of nitrogens with one attached hydrogen (secondary N) is 2. The van der Waals surface area contributed by atoms with E-state index in [1.807, 2.05) is 6.92 Å². The molecule has 9 heteroatoms. The number of ether oxygens (including phenoxy) is 1. The molecule has 1 aromatic rings. The van der Waals surface area contributed by atoms with Gasteiger partial charge >= 0.3 is 5.97 Å². The molecule has 4 N–H and O–H groups in total. The Morgan fingerprint density at radius 2 is 1.92 bits per heavy atom. The number of primary amides is 1. The molecule has 0 spiro atoms. The number of thiophene rings is 1. The highest BCUT2D eigenvalue weighted by molar-refractivity contribution is 7.16. The van der Waals surface area contributed by atoms with Crippen LogP contribution in [0.5, 0.6) is 0 Å². The Morgan fingerprint density at radius 3 is 2.50 bits per heavy atom. The molecule has 1 heterocycles. The third kappa shape index (κ3) is 4.54. The van der Waals surface area contributed by atoms with Gasteiger partial charge in [0.15, 0.2) is 6.61 Å². The molecule has 1 aliphatic rings. The molecule has 0 unspecified atom stereocenters. The van der Waals surface area contributed by atoms with Crippen LogP contribution in [-0.4, -0.2) is 36.8 Å². The van der Waals surface area contributed by atoms with E-state index in [0.717, 1.165) is 17.7 Å². The van der Waals surface area contributed by atoms with Crippen LogP contribution in [0.2, 0.25) is 0 Å². The molecule has 1 aromatic heterocycles. The van der Waals surface area contributed by atoms with E-state index in [1.54, 1.807) is 6.92 Å². The number of carbonyl (C=O) groups is 4. The van der Waals surface area contributed by atoms with E-state index in [1.165, 1.54) is 11.3 Å². The van der Waals surface area contributed by atoms with Crippen molar-refractivity contribution in [1.82, 2.24) is 5.32 Å². The second kappa shape index (κ2) is 7.43. The zero-order chi connectivity index (χ0) is 17.9. The number of esters is 1. The summed E-state index contributed by atoms with van der Waals surface area (Å²) in [6.45, 7) is 2.73. The lowest BCUT2D eigenvalue weighted by molar-refractivity contribution is -0.127. The van der Waals surface area contributed by atoms with E-state index in [2.05, 4.69) is 10.6 Å². The summed E-state index contributed by atoms with van der Waals surface area (Å²) in [5.74, 6) is -2.11. The van der Waals surface area contributed by atoms with Gasteiger partial charge in [-0.25, -0.2) is 4.79 Å². The minimum atomic E-state index is -0.697. The molecule has 0 radical (unpaired) electrons. The maximum atomic E-state index is 12.3. The lowest BCUT2D eigenvalue weighted by Gasteiger charge is -2.08. The van der Waals surface area contributed by atoms with Crippen LogP contribution in [0.25, 0.3) is 0 Å². The fraction of sp³-hybridized carbons (Fsp3) is 0.467. The highest BCUT2D eigenvalue weighted by atomic mass is 32.1. The lowest BCUT2D eigenvalue weighted by atomic mass is 10.1. The van der Waals surface area contributed by atoms with Crippen molar-refractivity contribution < 1.29 is 23.9 Å². The quantitative estimate of drug-likeness (QED) is 0.614. The first-order chi connectivity index (χ1) is 11.3. The van der Waals surface area contributed by atoms with Gasteiger partial charge in [-0.3, -0.25) is 14.4 Å². The zero-order valence-corrected chi connectivity index (χ0v) is 14.2. The molecule has 24 heavy (non-hydrogen) atoms. The molecule has 3 amide bonds. The van der Waals surface area contributed by atoms with Crippen molar-refractivity contribution >= 4 is 40.0 Å². The van der Waals surface area contributed by atoms with Crippen LogP contribution in [0.3, 0.4) is 0 Å². The van der Waals surface area contributed by atoms with Crippen molar-refractivity contribution in [2.24, 2.45) is 11.7 Å². The van der Waals surface area contributed by atoms with E-state index >= 15 is 0 Å². The summed E-state index contributed by atoms with van der Waals surface area (Å²) in [6, 6.07) is 0. The smallest absolute Gasteiger partial charge is 0.341 e. The maximum absolute atomic E-state index is 12.3. The van der Waals surface area contributed by atoms with Gasteiger partial charge in [-0.1, -0.05) is 0 Å². The van der Waals surface area contributed by atoms with Gasteiger partial charge < -0.3 is 21.1 Å². The molecule has 0 atom stereocenters. The van der Waals surface area contributed by atoms with Gasteiger partial charge in [0.1, 0.15) is 5.00 Å². The van der Waals surface area contributed by atoms with Gasteiger partial charge in [0.25, 0.3) is 5.91 Å². The van der Waals surface area contributed by atoms with E-state index in [0.29, 0.717) is 10.6 Å². The van der Waals surface area contributed by atoms with E-state index < -0.39 is 24.4 Å². The predicted molar refractivity (Wildman–Crippen MR) is 87.6 cm³/mol. The van der Waals surface area contributed by atoms with Gasteiger partial charge in [0.2, 0.25) is 11.8 Å². The van der Waals surface area contributed by atoms with Crippen LogP contribution in [0.15, 0.2) is 0 Å². The summed E-state index contributed by atoms with van der Waals surface area (Å²) >= 11 is 1.30. The monoisotopic (exact) mass is 353 g/mol. The highest BCUT2D eigenvalue weighted by Gasteiger charge is 2.31. The van der Waals surface area contributed by atoms with Crippen molar-refractivity contribution in [3.63, 3.8) is 0 Å². The van der Waals surface area contributed by atoms with Crippen LogP contribution < -0.4 is 16.4 Å². The third-order valence-electron chi connectivity index (χ3n) is 3.57. The SMILES string of the molecule is Cc1sc(NC(=O)C2CC2)c(C(=O)OCC(=O)NCC(N)=O)c1C. The molecule has 0 aromatic carbocycles. The number of amides is 3. The summed E-state index contributed by atoms with van der Waals surface area (Å²) in [5.41, 5.74) is 5.87. The topological polar surface area (TPSA) is 128 Å². The minimum absolute atomic E-state index is 0.0103. The molecule has 1 saturated carbocycles. The number of hydrogen-bond donors (Lipinski definition) is 3. The van der Waals surface area contributed by atoms with Gasteiger partial charge in [0, 0.05) is 10.8 Å². The van der Waals surface area contributed by atoms with Gasteiger partial charge in [-0.05, 0) is 32.3 Å². The molecule has 2 rings (SSSR count). The number of aryl methyl sites for hydroxylation is 1. The van der Waals surface area contributed by atoms with E-state index in [4.69, 9.17) is 10.5 Å². The summed E-state index contributed by atoms with van der Waals surface area (Å²) < 4.78 is 4.97. The summed E-state index contributed by atoms with van der Waals surface area (Å²) in [5, 5.41) is 5.42. The fourth-order valence-corrected chi connectivity index (χ4v) is 3.01. The second-order valence-electron chi connectivity index (χ2n) is 5.57. The average Bonchev–Trinajstić information content (AvgIpc) is 3.31.